The summed E-state index contributed by atoms with van der Waals surface area (Å²) in [6.45, 7) is 4.86. The van der Waals surface area contributed by atoms with Crippen molar-refractivity contribution in [2.75, 3.05) is 23.7 Å². The number of anilines is 2. The minimum atomic E-state index is -1.01. The Labute approximate surface area is 168 Å². The second kappa shape index (κ2) is 9.09. The summed E-state index contributed by atoms with van der Waals surface area (Å²) in [5.74, 6) is -1.96. The molecule has 2 amide bonds. The number of hydrogen-bond acceptors (Lipinski definition) is 4. The summed E-state index contributed by atoms with van der Waals surface area (Å²) in [4.78, 5) is 31.0. The lowest BCUT2D eigenvalue weighted by molar-refractivity contribution is -0.123. The fourth-order valence-electron chi connectivity index (χ4n) is 3.31. The molecule has 1 aliphatic rings. The van der Waals surface area contributed by atoms with E-state index < -0.39 is 17.7 Å². The van der Waals surface area contributed by atoms with Crippen molar-refractivity contribution in [2.24, 2.45) is 5.92 Å². The number of carbonyl (C=O) groups excluding carboxylic acids is 2. The van der Waals surface area contributed by atoms with Gasteiger partial charge < -0.3 is 10.6 Å². The maximum absolute atomic E-state index is 13.3. The number of aryl methyl sites for hydroxylation is 1. The van der Waals surface area contributed by atoms with Crippen LogP contribution in [0.1, 0.15) is 25.3 Å². The Hall–Kier alpha value is -2.87. The molecule has 1 aromatic heterocycles. The Balaban J connectivity index is 1.49. The fraction of sp³-hybridized carbons (Fsp3) is 0.381. The SMILES string of the molecule is Cc1ccc(NC(=O)C2CCN(C(C)C(=O)Nc3ccc(F)c(F)c3)CC2)nc1. The van der Waals surface area contributed by atoms with Gasteiger partial charge in [0.05, 0.1) is 6.04 Å². The smallest absolute Gasteiger partial charge is 0.241 e. The zero-order valence-electron chi connectivity index (χ0n) is 16.4. The fourth-order valence-corrected chi connectivity index (χ4v) is 3.31. The standard InChI is InChI=1S/C21H24F2N4O2/c1-13-3-6-19(24-12-13)26-21(29)15-7-9-27(10-8-15)14(2)20(28)25-16-4-5-17(22)18(23)11-16/h3-6,11-12,14-15H,7-10H2,1-2H3,(H,25,28)(H,24,26,29). The number of hydrogen-bond donors (Lipinski definition) is 2. The van der Waals surface area contributed by atoms with Crippen molar-refractivity contribution >= 4 is 23.3 Å². The second-order valence-electron chi connectivity index (χ2n) is 7.31. The molecule has 1 saturated heterocycles. The maximum atomic E-state index is 13.3. The predicted octanol–water partition coefficient (Wildman–Crippen LogP) is 3.35. The largest absolute Gasteiger partial charge is 0.325 e. The second-order valence-corrected chi connectivity index (χ2v) is 7.31. The number of benzene rings is 1. The highest BCUT2D eigenvalue weighted by atomic mass is 19.2. The van der Waals surface area contributed by atoms with Crippen LogP contribution in [0.15, 0.2) is 36.5 Å². The van der Waals surface area contributed by atoms with E-state index >= 15 is 0 Å². The molecule has 1 atom stereocenters. The Morgan fingerprint density at radius 3 is 2.45 bits per heavy atom. The lowest BCUT2D eigenvalue weighted by Crippen LogP contribution is -2.47. The molecular weight excluding hydrogens is 378 g/mol. The molecule has 29 heavy (non-hydrogen) atoms. The maximum Gasteiger partial charge on any atom is 0.241 e. The number of aromatic nitrogens is 1. The molecule has 0 radical (unpaired) electrons. The molecule has 8 heteroatoms. The Morgan fingerprint density at radius 2 is 1.83 bits per heavy atom. The quantitative estimate of drug-likeness (QED) is 0.805. The number of pyridine rings is 1. The monoisotopic (exact) mass is 402 g/mol. The van der Waals surface area contributed by atoms with Crippen LogP contribution in [0.4, 0.5) is 20.3 Å². The number of nitrogens with one attached hydrogen (secondary N) is 2. The number of halogens is 2. The first kappa shape index (κ1) is 20.9. The van der Waals surface area contributed by atoms with Gasteiger partial charge in [-0.3, -0.25) is 14.5 Å². The topological polar surface area (TPSA) is 74.3 Å². The number of piperidine rings is 1. The zero-order chi connectivity index (χ0) is 21.0. The van der Waals surface area contributed by atoms with Crippen LogP contribution >= 0.6 is 0 Å². The van der Waals surface area contributed by atoms with Crippen molar-refractivity contribution in [3.8, 4) is 0 Å². The minimum absolute atomic E-state index is 0.0695. The molecule has 0 spiro atoms. The van der Waals surface area contributed by atoms with Crippen molar-refractivity contribution in [1.82, 2.24) is 9.88 Å². The van der Waals surface area contributed by atoms with Crippen molar-refractivity contribution in [3.63, 3.8) is 0 Å². The van der Waals surface area contributed by atoms with Gasteiger partial charge in [-0.15, -0.1) is 0 Å². The molecule has 1 fully saturated rings. The average Bonchev–Trinajstić information content (AvgIpc) is 2.72. The predicted molar refractivity (Wildman–Crippen MR) is 106 cm³/mol. The molecule has 154 valence electrons. The molecular formula is C21H24F2N4O2. The van der Waals surface area contributed by atoms with Gasteiger partial charge in [0.1, 0.15) is 5.82 Å². The van der Waals surface area contributed by atoms with Gasteiger partial charge in [-0.2, -0.15) is 0 Å². The van der Waals surface area contributed by atoms with E-state index in [1.54, 1.807) is 19.2 Å². The normalized spacial score (nSPS) is 16.3. The third-order valence-corrected chi connectivity index (χ3v) is 5.18. The molecule has 6 nitrogen and oxygen atoms in total. The molecule has 0 aliphatic carbocycles. The molecule has 0 saturated carbocycles. The first-order chi connectivity index (χ1) is 13.8. The molecule has 1 aliphatic heterocycles. The van der Waals surface area contributed by atoms with Gasteiger partial charge in [-0.1, -0.05) is 6.07 Å². The zero-order valence-corrected chi connectivity index (χ0v) is 16.4. The molecule has 2 aromatic rings. The summed E-state index contributed by atoms with van der Waals surface area (Å²) < 4.78 is 26.3. The molecule has 2 N–H and O–H groups in total. The van der Waals surface area contributed by atoms with Gasteiger partial charge in [-0.05, 0) is 63.5 Å². The third kappa shape index (κ3) is 5.35. The van der Waals surface area contributed by atoms with E-state index in [1.165, 1.54) is 6.07 Å². The summed E-state index contributed by atoms with van der Waals surface area (Å²) >= 11 is 0. The molecule has 0 bridgehead atoms. The first-order valence-corrected chi connectivity index (χ1v) is 9.57. The van der Waals surface area contributed by atoms with E-state index in [-0.39, 0.29) is 23.4 Å². The van der Waals surface area contributed by atoms with Crippen LogP contribution in [0.5, 0.6) is 0 Å². The van der Waals surface area contributed by atoms with Crippen molar-refractivity contribution in [3.05, 3.63) is 53.7 Å². The van der Waals surface area contributed by atoms with Gasteiger partial charge in [0.15, 0.2) is 11.6 Å². The van der Waals surface area contributed by atoms with Crippen LogP contribution in [0.3, 0.4) is 0 Å². The number of likely N-dealkylation sites (tertiary alicyclic amines) is 1. The van der Waals surface area contributed by atoms with Crippen LogP contribution in [0, 0.1) is 24.5 Å². The third-order valence-electron chi connectivity index (χ3n) is 5.18. The summed E-state index contributed by atoms with van der Waals surface area (Å²) in [5.41, 5.74) is 1.23. The Kier molecular flexibility index (Phi) is 6.53. The van der Waals surface area contributed by atoms with Crippen LogP contribution in [0.25, 0.3) is 0 Å². The number of carbonyl (C=O) groups is 2. The van der Waals surface area contributed by atoms with E-state index in [4.69, 9.17) is 0 Å². The van der Waals surface area contributed by atoms with Gasteiger partial charge in [0, 0.05) is 23.9 Å². The van der Waals surface area contributed by atoms with Gasteiger partial charge >= 0.3 is 0 Å². The summed E-state index contributed by atoms with van der Waals surface area (Å²) in [6, 6.07) is 6.45. The highest BCUT2D eigenvalue weighted by molar-refractivity contribution is 5.94. The summed E-state index contributed by atoms with van der Waals surface area (Å²) in [6.07, 6.45) is 2.95. The van der Waals surface area contributed by atoms with E-state index in [0.717, 1.165) is 17.7 Å². The highest BCUT2D eigenvalue weighted by Gasteiger charge is 2.30. The summed E-state index contributed by atoms with van der Waals surface area (Å²) in [5, 5.41) is 5.44. The minimum Gasteiger partial charge on any atom is -0.325 e. The van der Waals surface area contributed by atoms with Gasteiger partial charge in [0.25, 0.3) is 0 Å². The molecule has 1 unspecified atom stereocenters. The average molecular weight is 402 g/mol. The number of amides is 2. The van der Waals surface area contributed by atoms with Crippen molar-refractivity contribution < 1.29 is 18.4 Å². The van der Waals surface area contributed by atoms with Crippen molar-refractivity contribution in [1.29, 1.82) is 0 Å². The molecule has 3 rings (SSSR count). The van der Waals surface area contributed by atoms with Crippen LogP contribution in [0.2, 0.25) is 0 Å². The van der Waals surface area contributed by atoms with E-state index in [9.17, 15) is 18.4 Å². The highest BCUT2D eigenvalue weighted by Crippen LogP contribution is 2.21. The lowest BCUT2D eigenvalue weighted by atomic mass is 9.95. The van der Waals surface area contributed by atoms with Gasteiger partial charge in [0.2, 0.25) is 11.8 Å². The molecule has 1 aromatic carbocycles. The van der Waals surface area contributed by atoms with E-state index in [2.05, 4.69) is 15.6 Å². The molecule has 2 heterocycles. The number of rotatable bonds is 5. The van der Waals surface area contributed by atoms with E-state index in [1.807, 2.05) is 17.9 Å². The van der Waals surface area contributed by atoms with E-state index in [0.29, 0.717) is 31.7 Å². The van der Waals surface area contributed by atoms with Crippen LogP contribution < -0.4 is 10.6 Å². The van der Waals surface area contributed by atoms with Crippen molar-refractivity contribution in [2.45, 2.75) is 32.7 Å². The first-order valence-electron chi connectivity index (χ1n) is 9.57. The van der Waals surface area contributed by atoms with Crippen LogP contribution in [-0.2, 0) is 9.59 Å². The Bertz CT molecular complexity index is 881. The Morgan fingerprint density at radius 1 is 1.10 bits per heavy atom. The van der Waals surface area contributed by atoms with Gasteiger partial charge in [-0.25, -0.2) is 13.8 Å². The van der Waals surface area contributed by atoms with Crippen LogP contribution in [-0.4, -0.2) is 40.8 Å². The summed E-state index contributed by atoms with van der Waals surface area (Å²) in [7, 11) is 0. The lowest BCUT2D eigenvalue weighted by Gasteiger charge is -2.34. The number of nitrogens with zero attached hydrogens (tertiary/aromatic N) is 2.